The molecular formula is C13H18O3S. The van der Waals surface area contributed by atoms with Crippen molar-refractivity contribution in [3.8, 4) is 5.75 Å². The molecule has 0 aliphatic heterocycles. The standard InChI is InChI=1S/C13H18O3S/c1-15-13(14)11-17-10-6-5-9-16-12-7-3-2-4-8-12/h2-4,7-8H,5-6,9-11H2,1H3. The van der Waals surface area contributed by atoms with Gasteiger partial charge in [-0.2, -0.15) is 11.8 Å². The smallest absolute Gasteiger partial charge is 0.315 e. The topological polar surface area (TPSA) is 35.5 Å². The van der Waals surface area contributed by atoms with Gasteiger partial charge < -0.3 is 9.47 Å². The zero-order chi connectivity index (χ0) is 12.3. The van der Waals surface area contributed by atoms with Crippen LogP contribution in [0.4, 0.5) is 0 Å². The van der Waals surface area contributed by atoms with Gasteiger partial charge in [-0.1, -0.05) is 18.2 Å². The Morgan fingerprint density at radius 3 is 2.71 bits per heavy atom. The first kappa shape index (κ1) is 13.9. The Morgan fingerprint density at radius 1 is 1.24 bits per heavy atom. The molecule has 0 N–H and O–H groups in total. The Morgan fingerprint density at radius 2 is 2.00 bits per heavy atom. The molecule has 0 saturated carbocycles. The number of esters is 1. The number of hydrogen-bond donors (Lipinski definition) is 0. The van der Waals surface area contributed by atoms with Crippen molar-refractivity contribution in [1.29, 1.82) is 0 Å². The molecule has 0 radical (unpaired) electrons. The van der Waals surface area contributed by atoms with E-state index in [-0.39, 0.29) is 5.97 Å². The molecular weight excluding hydrogens is 236 g/mol. The maximum absolute atomic E-state index is 10.8. The van der Waals surface area contributed by atoms with Crippen LogP contribution in [-0.4, -0.2) is 31.2 Å². The maximum Gasteiger partial charge on any atom is 0.315 e. The molecule has 0 bridgehead atoms. The summed E-state index contributed by atoms with van der Waals surface area (Å²) in [6.07, 6.45) is 2.05. The van der Waals surface area contributed by atoms with E-state index >= 15 is 0 Å². The third-order valence-corrected chi connectivity index (χ3v) is 3.16. The number of unbranched alkanes of at least 4 members (excludes halogenated alkanes) is 1. The van der Waals surface area contributed by atoms with Crippen LogP contribution in [0.15, 0.2) is 30.3 Å². The highest BCUT2D eigenvalue weighted by Crippen LogP contribution is 2.10. The molecule has 4 heteroatoms. The molecule has 17 heavy (non-hydrogen) atoms. The van der Waals surface area contributed by atoms with E-state index in [1.165, 1.54) is 7.11 Å². The van der Waals surface area contributed by atoms with Crippen LogP contribution in [0.3, 0.4) is 0 Å². The van der Waals surface area contributed by atoms with Gasteiger partial charge in [-0.05, 0) is 30.7 Å². The Bertz CT molecular complexity index is 314. The van der Waals surface area contributed by atoms with Gasteiger partial charge in [-0.25, -0.2) is 0 Å². The molecule has 3 nitrogen and oxygen atoms in total. The monoisotopic (exact) mass is 254 g/mol. The molecule has 0 aliphatic rings. The van der Waals surface area contributed by atoms with E-state index in [0.717, 1.165) is 31.0 Å². The van der Waals surface area contributed by atoms with Crippen LogP contribution < -0.4 is 4.74 Å². The van der Waals surface area contributed by atoms with Crippen LogP contribution in [0, 0.1) is 0 Å². The minimum absolute atomic E-state index is 0.157. The lowest BCUT2D eigenvalue weighted by molar-refractivity contribution is -0.137. The molecule has 1 rings (SSSR count). The number of carbonyl (C=O) groups excluding carboxylic acids is 1. The molecule has 0 unspecified atom stereocenters. The fourth-order valence-corrected chi connectivity index (χ4v) is 2.06. The van der Waals surface area contributed by atoms with E-state index in [4.69, 9.17) is 4.74 Å². The molecule has 0 amide bonds. The Balaban J connectivity index is 1.93. The van der Waals surface area contributed by atoms with Crippen molar-refractivity contribution in [2.24, 2.45) is 0 Å². The van der Waals surface area contributed by atoms with Gasteiger partial charge in [0.25, 0.3) is 0 Å². The highest BCUT2D eigenvalue weighted by molar-refractivity contribution is 7.99. The molecule has 0 aromatic heterocycles. The van der Waals surface area contributed by atoms with Crippen molar-refractivity contribution in [3.05, 3.63) is 30.3 Å². The average molecular weight is 254 g/mol. The largest absolute Gasteiger partial charge is 0.494 e. The Kier molecular flexibility index (Phi) is 7.30. The van der Waals surface area contributed by atoms with E-state index in [9.17, 15) is 4.79 Å². The average Bonchev–Trinajstić information content (AvgIpc) is 2.38. The van der Waals surface area contributed by atoms with Gasteiger partial charge in [-0.15, -0.1) is 0 Å². The number of carbonyl (C=O) groups is 1. The minimum Gasteiger partial charge on any atom is -0.494 e. The lowest BCUT2D eigenvalue weighted by Crippen LogP contribution is -2.04. The van der Waals surface area contributed by atoms with Crippen LogP contribution in [0.1, 0.15) is 12.8 Å². The quantitative estimate of drug-likeness (QED) is 0.528. The van der Waals surface area contributed by atoms with Gasteiger partial charge >= 0.3 is 5.97 Å². The van der Waals surface area contributed by atoms with Crippen molar-refractivity contribution in [3.63, 3.8) is 0 Å². The third kappa shape index (κ3) is 6.89. The van der Waals surface area contributed by atoms with Crippen LogP contribution in [-0.2, 0) is 9.53 Å². The summed E-state index contributed by atoms with van der Waals surface area (Å²) < 4.78 is 10.1. The van der Waals surface area contributed by atoms with Gasteiger partial charge in [0.15, 0.2) is 0 Å². The third-order valence-electron chi connectivity index (χ3n) is 2.14. The van der Waals surface area contributed by atoms with E-state index in [1.807, 2.05) is 30.3 Å². The predicted octanol–water partition coefficient (Wildman–Crippen LogP) is 2.75. The first-order valence-corrected chi connectivity index (χ1v) is 6.81. The van der Waals surface area contributed by atoms with Gasteiger partial charge in [0.2, 0.25) is 0 Å². The summed E-state index contributed by atoms with van der Waals surface area (Å²) in [5, 5.41) is 0. The fourth-order valence-electron chi connectivity index (χ4n) is 1.23. The highest BCUT2D eigenvalue weighted by Gasteiger charge is 1.99. The number of para-hydroxylation sites is 1. The summed E-state index contributed by atoms with van der Waals surface area (Å²) >= 11 is 1.60. The summed E-state index contributed by atoms with van der Waals surface area (Å²) in [7, 11) is 1.41. The number of hydrogen-bond acceptors (Lipinski definition) is 4. The van der Waals surface area contributed by atoms with Gasteiger partial charge in [-0.3, -0.25) is 4.79 Å². The molecule has 0 saturated heterocycles. The maximum atomic E-state index is 10.8. The molecule has 0 aliphatic carbocycles. The summed E-state index contributed by atoms with van der Waals surface area (Å²) in [6.45, 7) is 0.725. The molecule has 0 fully saturated rings. The van der Waals surface area contributed by atoms with Crippen LogP contribution in [0.2, 0.25) is 0 Å². The van der Waals surface area contributed by atoms with Crippen molar-refractivity contribution in [2.45, 2.75) is 12.8 Å². The number of thioether (sulfide) groups is 1. The van der Waals surface area contributed by atoms with Gasteiger partial charge in [0, 0.05) is 0 Å². The SMILES string of the molecule is COC(=O)CSCCCCOc1ccccc1. The van der Waals surface area contributed by atoms with Gasteiger partial charge in [0.05, 0.1) is 19.5 Å². The summed E-state index contributed by atoms with van der Waals surface area (Å²) in [4.78, 5) is 10.8. The molecule has 0 atom stereocenters. The summed E-state index contributed by atoms with van der Waals surface area (Å²) in [5.41, 5.74) is 0. The van der Waals surface area contributed by atoms with Crippen molar-refractivity contribution in [1.82, 2.24) is 0 Å². The van der Waals surface area contributed by atoms with Gasteiger partial charge in [0.1, 0.15) is 5.75 Å². The normalized spacial score (nSPS) is 9.94. The number of rotatable bonds is 8. The zero-order valence-electron chi connectivity index (χ0n) is 10.1. The molecule has 94 valence electrons. The van der Waals surface area contributed by atoms with Crippen molar-refractivity contribution >= 4 is 17.7 Å². The second-order valence-corrected chi connectivity index (χ2v) is 4.60. The van der Waals surface area contributed by atoms with Crippen LogP contribution in [0.25, 0.3) is 0 Å². The summed E-state index contributed by atoms with van der Waals surface area (Å²) in [5.74, 6) is 2.16. The number of benzene rings is 1. The van der Waals surface area contributed by atoms with E-state index in [2.05, 4.69) is 4.74 Å². The predicted molar refractivity (Wildman–Crippen MR) is 70.5 cm³/mol. The molecule has 1 aromatic carbocycles. The molecule has 1 aromatic rings. The Labute approximate surface area is 106 Å². The number of ether oxygens (including phenoxy) is 2. The lowest BCUT2D eigenvalue weighted by Gasteiger charge is -2.05. The number of methoxy groups -OCH3 is 1. The molecule has 0 spiro atoms. The van der Waals surface area contributed by atoms with Crippen molar-refractivity contribution < 1.29 is 14.3 Å². The highest BCUT2D eigenvalue weighted by atomic mass is 32.2. The Hall–Kier alpha value is -1.16. The van der Waals surface area contributed by atoms with E-state index < -0.39 is 0 Å². The first-order chi connectivity index (χ1) is 8.33. The second-order valence-electron chi connectivity index (χ2n) is 3.50. The summed E-state index contributed by atoms with van der Waals surface area (Å²) in [6, 6.07) is 9.79. The second kappa shape index (κ2) is 8.93. The van der Waals surface area contributed by atoms with Crippen LogP contribution >= 0.6 is 11.8 Å². The van der Waals surface area contributed by atoms with E-state index in [1.54, 1.807) is 11.8 Å². The van der Waals surface area contributed by atoms with E-state index in [0.29, 0.717) is 5.75 Å². The van der Waals surface area contributed by atoms with Crippen LogP contribution in [0.5, 0.6) is 5.75 Å². The fraction of sp³-hybridized carbons (Fsp3) is 0.462. The van der Waals surface area contributed by atoms with Crippen molar-refractivity contribution in [2.75, 3.05) is 25.2 Å². The molecule has 0 heterocycles. The minimum atomic E-state index is -0.157. The zero-order valence-corrected chi connectivity index (χ0v) is 10.9. The first-order valence-electron chi connectivity index (χ1n) is 5.65. The lowest BCUT2D eigenvalue weighted by atomic mass is 10.3.